The summed E-state index contributed by atoms with van der Waals surface area (Å²) in [5, 5.41) is 0. The summed E-state index contributed by atoms with van der Waals surface area (Å²) in [5.41, 5.74) is 1.11. The molecule has 0 aromatic heterocycles. The van der Waals surface area contributed by atoms with Crippen molar-refractivity contribution < 1.29 is 9.47 Å². The molecule has 84 valence electrons. The van der Waals surface area contributed by atoms with Crippen LogP contribution in [0.25, 0.3) is 0 Å². The average Bonchev–Trinajstić information content (AvgIpc) is 2.29. The first-order valence-corrected chi connectivity index (χ1v) is 5.47. The summed E-state index contributed by atoms with van der Waals surface area (Å²) < 4.78 is 10.9. The molecule has 1 aromatic rings. The largest absolute Gasteiger partial charge is 0.496 e. The lowest BCUT2D eigenvalue weighted by Gasteiger charge is -2.11. The number of benzene rings is 1. The molecule has 0 spiro atoms. The summed E-state index contributed by atoms with van der Waals surface area (Å²) in [6.07, 6.45) is 1.16. The van der Waals surface area contributed by atoms with Crippen molar-refractivity contribution in [2.75, 3.05) is 13.7 Å². The van der Waals surface area contributed by atoms with Crippen molar-refractivity contribution in [3.05, 3.63) is 29.8 Å². The van der Waals surface area contributed by atoms with Gasteiger partial charge in [0, 0.05) is 12.2 Å². The quantitative estimate of drug-likeness (QED) is 0.714. The first-order chi connectivity index (χ1) is 7.27. The van der Waals surface area contributed by atoms with E-state index in [4.69, 9.17) is 9.47 Å². The van der Waals surface area contributed by atoms with Gasteiger partial charge in [-0.05, 0) is 12.0 Å². The second-order valence-corrected chi connectivity index (χ2v) is 3.84. The predicted molar refractivity (Wildman–Crippen MR) is 62.1 cm³/mol. The first-order valence-electron chi connectivity index (χ1n) is 5.47. The van der Waals surface area contributed by atoms with Gasteiger partial charge in [0.2, 0.25) is 0 Å². The molecule has 0 N–H and O–H groups in total. The van der Waals surface area contributed by atoms with Gasteiger partial charge in [0.25, 0.3) is 0 Å². The highest BCUT2D eigenvalue weighted by atomic mass is 16.5. The van der Waals surface area contributed by atoms with E-state index in [2.05, 4.69) is 13.8 Å². The van der Waals surface area contributed by atoms with Crippen LogP contribution in [0, 0.1) is 5.92 Å². The lowest BCUT2D eigenvalue weighted by molar-refractivity contribution is 0.0896. The lowest BCUT2D eigenvalue weighted by Crippen LogP contribution is -2.05. The Balaban J connectivity index is 2.43. The Bertz CT molecular complexity index is 284. The van der Waals surface area contributed by atoms with Crippen LogP contribution >= 0.6 is 0 Å². The molecule has 1 unspecified atom stereocenters. The van der Waals surface area contributed by atoms with Crippen LogP contribution in [0.1, 0.15) is 25.8 Å². The van der Waals surface area contributed by atoms with Crippen LogP contribution in [0.3, 0.4) is 0 Å². The van der Waals surface area contributed by atoms with Crippen molar-refractivity contribution >= 4 is 0 Å². The fraction of sp³-hybridized carbons (Fsp3) is 0.538. The molecule has 0 aliphatic rings. The highest BCUT2D eigenvalue weighted by molar-refractivity contribution is 5.32. The molecule has 0 aliphatic carbocycles. The zero-order chi connectivity index (χ0) is 11.1. The Labute approximate surface area is 92.2 Å². The van der Waals surface area contributed by atoms with Crippen molar-refractivity contribution in [2.24, 2.45) is 5.92 Å². The van der Waals surface area contributed by atoms with Crippen LogP contribution in [-0.2, 0) is 11.3 Å². The Hall–Kier alpha value is -1.02. The predicted octanol–water partition coefficient (Wildman–Crippen LogP) is 3.26. The van der Waals surface area contributed by atoms with E-state index < -0.39 is 0 Å². The van der Waals surface area contributed by atoms with Crippen molar-refractivity contribution in [3.63, 3.8) is 0 Å². The van der Waals surface area contributed by atoms with Gasteiger partial charge in [-0.2, -0.15) is 0 Å². The minimum atomic E-state index is 0.625. The summed E-state index contributed by atoms with van der Waals surface area (Å²) >= 11 is 0. The van der Waals surface area contributed by atoms with Crippen molar-refractivity contribution in [2.45, 2.75) is 26.9 Å². The first kappa shape index (κ1) is 12.1. The molecular weight excluding hydrogens is 188 g/mol. The Kier molecular flexibility index (Phi) is 5.19. The van der Waals surface area contributed by atoms with Gasteiger partial charge in [-0.15, -0.1) is 0 Å². The van der Waals surface area contributed by atoms with Gasteiger partial charge < -0.3 is 9.47 Å². The van der Waals surface area contributed by atoms with Crippen LogP contribution in [0.15, 0.2) is 24.3 Å². The molecule has 0 bridgehead atoms. The zero-order valence-electron chi connectivity index (χ0n) is 9.82. The molecule has 0 radical (unpaired) electrons. The minimum absolute atomic E-state index is 0.625. The van der Waals surface area contributed by atoms with Gasteiger partial charge in [0.1, 0.15) is 5.75 Å². The number of hydrogen-bond acceptors (Lipinski definition) is 2. The van der Waals surface area contributed by atoms with E-state index in [1.54, 1.807) is 7.11 Å². The van der Waals surface area contributed by atoms with Crippen LogP contribution in [-0.4, -0.2) is 13.7 Å². The van der Waals surface area contributed by atoms with E-state index in [1.165, 1.54) is 0 Å². The number of para-hydroxylation sites is 1. The Morgan fingerprint density at radius 1 is 1.27 bits per heavy atom. The summed E-state index contributed by atoms with van der Waals surface area (Å²) in [6, 6.07) is 7.97. The molecule has 0 saturated carbocycles. The summed E-state index contributed by atoms with van der Waals surface area (Å²) in [4.78, 5) is 0. The Morgan fingerprint density at radius 3 is 2.67 bits per heavy atom. The topological polar surface area (TPSA) is 18.5 Å². The molecular formula is C13H20O2. The van der Waals surface area contributed by atoms with E-state index in [1.807, 2.05) is 24.3 Å². The third-order valence-corrected chi connectivity index (χ3v) is 2.55. The minimum Gasteiger partial charge on any atom is -0.496 e. The lowest BCUT2D eigenvalue weighted by atomic mass is 10.1. The molecule has 1 rings (SSSR count). The van der Waals surface area contributed by atoms with Gasteiger partial charge in [-0.1, -0.05) is 38.5 Å². The van der Waals surface area contributed by atoms with Gasteiger partial charge >= 0.3 is 0 Å². The molecule has 0 saturated heterocycles. The SMILES string of the molecule is CCC(C)COCc1ccccc1OC. The molecule has 15 heavy (non-hydrogen) atoms. The molecule has 1 atom stereocenters. The van der Waals surface area contributed by atoms with Crippen LogP contribution in [0.4, 0.5) is 0 Å². The molecule has 0 fully saturated rings. The van der Waals surface area contributed by atoms with Crippen LogP contribution in [0.2, 0.25) is 0 Å². The van der Waals surface area contributed by atoms with E-state index in [9.17, 15) is 0 Å². The summed E-state index contributed by atoms with van der Waals surface area (Å²) in [7, 11) is 1.69. The number of hydrogen-bond donors (Lipinski definition) is 0. The monoisotopic (exact) mass is 208 g/mol. The molecule has 2 nitrogen and oxygen atoms in total. The third kappa shape index (κ3) is 3.92. The molecule has 0 aliphatic heterocycles. The van der Waals surface area contributed by atoms with Gasteiger partial charge in [-0.3, -0.25) is 0 Å². The fourth-order valence-electron chi connectivity index (χ4n) is 1.31. The summed E-state index contributed by atoms with van der Waals surface area (Å²) in [6.45, 7) is 5.82. The maximum absolute atomic E-state index is 5.63. The van der Waals surface area contributed by atoms with E-state index in [-0.39, 0.29) is 0 Å². The van der Waals surface area contributed by atoms with Crippen LogP contribution < -0.4 is 4.74 Å². The smallest absolute Gasteiger partial charge is 0.124 e. The van der Waals surface area contributed by atoms with Gasteiger partial charge in [0.05, 0.1) is 13.7 Å². The molecule has 1 aromatic carbocycles. The average molecular weight is 208 g/mol. The maximum atomic E-state index is 5.63. The molecule has 2 heteroatoms. The third-order valence-electron chi connectivity index (χ3n) is 2.55. The van der Waals surface area contributed by atoms with E-state index >= 15 is 0 Å². The number of ether oxygens (including phenoxy) is 2. The fourth-order valence-corrected chi connectivity index (χ4v) is 1.31. The number of methoxy groups -OCH3 is 1. The van der Waals surface area contributed by atoms with Gasteiger partial charge in [-0.25, -0.2) is 0 Å². The Morgan fingerprint density at radius 2 is 2.00 bits per heavy atom. The normalized spacial score (nSPS) is 12.5. The van der Waals surface area contributed by atoms with E-state index in [0.29, 0.717) is 12.5 Å². The highest BCUT2D eigenvalue weighted by Gasteiger charge is 2.03. The number of rotatable bonds is 6. The maximum Gasteiger partial charge on any atom is 0.124 e. The van der Waals surface area contributed by atoms with Gasteiger partial charge in [0.15, 0.2) is 0 Å². The van der Waals surface area contributed by atoms with Crippen molar-refractivity contribution in [1.29, 1.82) is 0 Å². The van der Waals surface area contributed by atoms with Crippen molar-refractivity contribution in [1.82, 2.24) is 0 Å². The standard InChI is InChI=1S/C13H20O2/c1-4-11(2)9-15-10-12-7-5-6-8-13(12)14-3/h5-8,11H,4,9-10H2,1-3H3. The van der Waals surface area contributed by atoms with Crippen molar-refractivity contribution in [3.8, 4) is 5.75 Å². The van der Waals surface area contributed by atoms with Crippen LogP contribution in [0.5, 0.6) is 5.75 Å². The molecule has 0 heterocycles. The molecule has 0 amide bonds. The second-order valence-electron chi connectivity index (χ2n) is 3.84. The highest BCUT2D eigenvalue weighted by Crippen LogP contribution is 2.18. The second kappa shape index (κ2) is 6.46. The zero-order valence-corrected chi connectivity index (χ0v) is 9.82. The summed E-state index contributed by atoms with van der Waals surface area (Å²) in [5.74, 6) is 1.53. The van der Waals surface area contributed by atoms with E-state index in [0.717, 1.165) is 24.3 Å².